The summed E-state index contributed by atoms with van der Waals surface area (Å²) >= 11 is 0. The summed E-state index contributed by atoms with van der Waals surface area (Å²) in [7, 11) is -3.01. The van der Waals surface area contributed by atoms with Crippen molar-refractivity contribution in [1.29, 1.82) is 0 Å². The van der Waals surface area contributed by atoms with Crippen LogP contribution in [0.5, 0.6) is 0 Å². The topological polar surface area (TPSA) is 101 Å². The number of nitrogens with two attached hydrogens (primary N) is 1. The smallest absolute Gasteiger partial charge is 0.224 e. The molecule has 0 aromatic carbocycles. The zero-order valence-corrected chi connectivity index (χ0v) is 9.95. The minimum Gasteiger partial charge on any atom is -0.395 e. The Morgan fingerprint density at radius 1 is 1.50 bits per heavy atom. The van der Waals surface area contributed by atoms with Crippen LogP contribution in [-0.2, 0) is 14.6 Å². The molecule has 1 fully saturated rings. The van der Waals surface area contributed by atoms with Gasteiger partial charge in [-0.15, -0.1) is 0 Å². The average Bonchev–Trinajstić information content (AvgIpc) is 2.55. The zero-order chi connectivity index (χ0) is 12.2. The van der Waals surface area contributed by atoms with Gasteiger partial charge in [0, 0.05) is 25.6 Å². The molecule has 1 aliphatic heterocycles. The number of aliphatic hydroxyl groups is 1. The maximum Gasteiger partial charge on any atom is 0.224 e. The van der Waals surface area contributed by atoms with Gasteiger partial charge in [0.25, 0.3) is 0 Å². The van der Waals surface area contributed by atoms with Gasteiger partial charge < -0.3 is 15.7 Å². The van der Waals surface area contributed by atoms with Gasteiger partial charge in [0.05, 0.1) is 18.1 Å². The van der Waals surface area contributed by atoms with Crippen molar-refractivity contribution in [2.75, 3.05) is 31.2 Å². The van der Waals surface area contributed by atoms with E-state index in [-0.39, 0.29) is 49.6 Å². The van der Waals surface area contributed by atoms with Crippen molar-refractivity contribution in [3.63, 3.8) is 0 Å². The van der Waals surface area contributed by atoms with E-state index >= 15 is 0 Å². The number of aliphatic hydroxyl groups excluding tert-OH is 1. The maximum atomic E-state index is 11.7. The molecular formula is C9H18N2O4S. The van der Waals surface area contributed by atoms with Crippen LogP contribution < -0.4 is 5.73 Å². The molecule has 0 bridgehead atoms. The summed E-state index contributed by atoms with van der Waals surface area (Å²) in [6, 6.07) is -0.295. The highest BCUT2D eigenvalue weighted by molar-refractivity contribution is 7.91. The fourth-order valence-corrected chi connectivity index (χ4v) is 3.64. The second kappa shape index (κ2) is 5.60. The molecule has 0 radical (unpaired) electrons. The van der Waals surface area contributed by atoms with Crippen LogP contribution in [0.3, 0.4) is 0 Å². The molecule has 1 rings (SSSR count). The van der Waals surface area contributed by atoms with E-state index in [4.69, 9.17) is 10.8 Å². The molecule has 0 spiro atoms. The zero-order valence-electron chi connectivity index (χ0n) is 9.13. The first-order valence-corrected chi connectivity index (χ1v) is 7.13. The Bertz CT molecular complexity index is 341. The molecule has 7 heteroatoms. The van der Waals surface area contributed by atoms with E-state index in [1.54, 1.807) is 0 Å². The monoisotopic (exact) mass is 250 g/mol. The number of amides is 1. The van der Waals surface area contributed by atoms with Crippen molar-refractivity contribution in [3.05, 3.63) is 0 Å². The molecule has 0 aromatic rings. The van der Waals surface area contributed by atoms with Gasteiger partial charge in [0.15, 0.2) is 9.84 Å². The Labute approximate surface area is 95.3 Å². The minimum atomic E-state index is -3.01. The van der Waals surface area contributed by atoms with Crippen LogP contribution in [0.15, 0.2) is 0 Å². The molecule has 0 aromatic heterocycles. The maximum absolute atomic E-state index is 11.7. The molecule has 0 aliphatic carbocycles. The molecule has 3 N–H and O–H groups in total. The van der Waals surface area contributed by atoms with Crippen LogP contribution in [0.4, 0.5) is 0 Å². The molecule has 1 saturated heterocycles. The third-order valence-electron chi connectivity index (χ3n) is 2.67. The summed E-state index contributed by atoms with van der Waals surface area (Å²) in [5.74, 6) is -0.0580. The predicted octanol–water partition coefficient (Wildman–Crippen LogP) is -1.66. The summed E-state index contributed by atoms with van der Waals surface area (Å²) in [5, 5.41) is 8.87. The van der Waals surface area contributed by atoms with Crippen LogP contribution >= 0.6 is 0 Å². The average molecular weight is 250 g/mol. The van der Waals surface area contributed by atoms with Crippen molar-refractivity contribution in [2.45, 2.75) is 18.9 Å². The number of sulfone groups is 1. The normalized spacial score (nSPS) is 23.2. The number of hydrogen-bond acceptors (Lipinski definition) is 5. The van der Waals surface area contributed by atoms with Crippen LogP contribution in [-0.4, -0.2) is 61.6 Å². The van der Waals surface area contributed by atoms with Crippen molar-refractivity contribution < 1.29 is 18.3 Å². The Balaban J connectivity index is 2.67. The Morgan fingerprint density at radius 2 is 2.19 bits per heavy atom. The summed E-state index contributed by atoms with van der Waals surface area (Å²) in [5.41, 5.74) is 5.29. The molecule has 1 atom stereocenters. The third-order valence-corrected chi connectivity index (χ3v) is 4.42. The lowest BCUT2D eigenvalue weighted by Gasteiger charge is -2.27. The molecular weight excluding hydrogens is 232 g/mol. The standard InChI is InChI=1S/C9H18N2O4S/c10-3-1-9(13)11(4-5-12)8-2-6-16(14,15)7-8/h8,12H,1-7,10H2. The highest BCUT2D eigenvalue weighted by Gasteiger charge is 2.33. The molecule has 16 heavy (non-hydrogen) atoms. The van der Waals surface area contributed by atoms with Gasteiger partial charge in [-0.2, -0.15) is 0 Å². The predicted molar refractivity (Wildman–Crippen MR) is 59.5 cm³/mol. The number of hydrogen-bond donors (Lipinski definition) is 2. The van der Waals surface area contributed by atoms with Gasteiger partial charge in [0.2, 0.25) is 5.91 Å². The second-order valence-electron chi connectivity index (χ2n) is 3.91. The van der Waals surface area contributed by atoms with Gasteiger partial charge in [0.1, 0.15) is 0 Å². The summed E-state index contributed by atoms with van der Waals surface area (Å²) in [4.78, 5) is 13.1. The molecule has 1 amide bonds. The van der Waals surface area contributed by atoms with Crippen LogP contribution in [0.2, 0.25) is 0 Å². The van der Waals surface area contributed by atoms with Gasteiger partial charge in [-0.05, 0) is 6.42 Å². The molecule has 1 aliphatic rings. The lowest BCUT2D eigenvalue weighted by atomic mass is 10.2. The number of carbonyl (C=O) groups is 1. The molecule has 1 unspecified atom stereocenters. The fraction of sp³-hybridized carbons (Fsp3) is 0.889. The van der Waals surface area contributed by atoms with E-state index in [0.717, 1.165) is 0 Å². The van der Waals surface area contributed by atoms with E-state index in [1.165, 1.54) is 4.90 Å². The van der Waals surface area contributed by atoms with Crippen molar-refractivity contribution >= 4 is 15.7 Å². The van der Waals surface area contributed by atoms with E-state index in [0.29, 0.717) is 6.42 Å². The summed E-state index contributed by atoms with van der Waals surface area (Å²) < 4.78 is 22.6. The van der Waals surface area contributed by atoms with Crippen molar-refractivity contribution in [3.8, 4) is 0 Å². The van der Waals surface area contributed by atoms with E-state index in [2.05, 4.69) is 0 Å². The van der Waals surface area contributed by atoms with Crippen molar-refractivity contribution in [1.82, 2.24) is 4.90 Å². The number of rotatable bonds is 5. The van der Waals surface area contributed by atoms with Crippen LogP contribution in [0.25, 0.3) is 0 Å². The Morgan fingerprint density at radius 3 is 2.62 bits per heavy atom. The van der Waals surface area contributed by atoms with Crippen LogP contribution in [0.1, 0.15) is 12.8 Å². The first kappa shape index (κ1) is 13.4. The largest absolute Gasteiger partial charge is 0.395 e. The van der Waals surface area contributed by atoms with Gasteiger partial charge in [-0.3, -0.25) is 4.79 Å². The van der Waals surface area contributed by atoms with E-state index < -0.39 is 9.84 Å². The van der Waals surface area contributed by atoms with E-state index in [9.17, 15) is 13.2 Å². The Hall–Kier alpha value is -0.660. The van der Waals surface area contributed by atoms with E-state index in [1.807, 2.05) is 0 Å². The molecule has 6 nitrogen and oxygen atoms in total. The number of carbonyl (C=O) groups excluding carboxylic acids is 1. The molecule has 0 saturated carbocycles. The van der Waals surface area contributed by atoms with Crippen molar-refractivity contribution in [2.24, 2.45) is 5.73 Å². The molecule has 94 valence electrons. The number of nitrogens with zero attached hydrogens (tertiary/aromatic N) is 1. The quantitative estimate of drug-likeness (QED) is 0.608. The highest BCUT2D eigenvalue weighted by Crippen LogP contribution is 2.18. The SMILES string of the molecule is NCCC(=O)N(CCO)C1CCS(=O)(=O)C1. The summed E-state index contributed by atoms with van der Waals surface area (Å²) in [6.07, 6.45) is 0.648. The minimum absolute atomic E-state index is 0.00329. The van der Waals surface area contributed by atoms with Gasteiger partial charge in [-0.25, -0.2) is 8.42 Å². The lowest BCUT2D eigenvalue weighted by Crippen LogP contribution is -2.43. The fourth-order valence-electron chi connectivity index (χ4n) is 1.91. The first-order valence-electron chi connectivity index (χ1n) is 5.31. The molecule has 1 heterocycles. The van der Waals surface area contributed by atoms with Gasteiger partial charge in [-0.1, -0.05) is 0 Å². The van der Waals surface area contributed by atoms with Gasteiger partial charge >= 0.3 is 0 Å². The highest BCUT2D eigenvalue weighted by atomic mass is 32.2. The summed E-state index contributed by atoms with van der Waals surface area (Å²) in [6.45, 7) is 0.256. The first-order chi connectivity index (χ1) is 7.50. The lowest BCUT2D eigenvalue weighted by molar-refractivity contribution is -0.133. The second-order valence-corrected chi connectivity index (χ2v) is 6.13. The Kier molecular flexibility index (Phi) is 4.69. The third kappa shape index (κ3) is 3.43. The van der Waals surface area contributed by atoms with Crippen LogP contribution in [0, 0.1) is 0 Å².